The summed E-state index contributed by atoms with van der Waals surface area (Å²) >= 11 is 3.25. The number of halogens is 1. The normalized spacial score (nSPS) is 12.9. The SMILES string of the molecule is CNC(=O)CC(C)Br. The van der Waals surface area contributed by atoms with Crippen molar-refractivity contribution < 1.29 is 4.79 Å². The molecule has 1 N–H and O–H groups in total. The van der Waals surface area contributed by atoms with Gasteiger partial charge in [-0.1, -0.05) is 22.9 Å². The van der Waals surface area contributed by atoms with Gasteiger partial charge in [0.2, 0.25) is 5.91 Å². The molecule has 0 radical (unpaired) electrons. The average Bonchev–Trinajstić information content (AvgIpc) is 1.65. The van der Waals surface area contributed by atoms with Gasteiger partial charge in [0.05, 0.1) is 0 Å². The van der Waals surface area contributed by atoms with E-state index in [9.17, 15) is 4.79 Å². The van der Waals surface area contributed by atoms with Gasteiger partial charge in [0.1, 0.15) is 0 Å². The highest BCUT2D eigenvalue weighted by molar-refractivity contribution is 9.09. The molecule has 1 unspecified atom stereocenters. The maximum absolute atomic E-state index is 10.5. The third-order valence-electron chi connectivity index (χ3n) is 0.746. The molecule has 0 saturated carbocycles. The third-order valence-corrected chi connectivity index (χ3v) is 1.07. The summed E-state index contributed by atoms with van der Waals surface area (Å²) in [7, 11) is 1.64. The Morgan fingerprint density at radius 3 is 2.50 bits per heavy atom. The fourth-order valence-corrected chi connectivity index (χ4v) is 0.652. The Labute approximate surface area is 57.8 Å². The summed E-state index contributed by atoms with van der Waals surface area (Å²) < 4.78 is 0. The predicted octanol–water partition coefficient (Wildman–Crippen LogP) is 0.906. The number of alkyl halides is 1. The summed E-state index contributed by atoms with van der Waals surface area (Å²) in [5, 5.41) is 2.53. The van der Waals surface area contributed by atoms with Crippen LogP contribution >= 0.6 is 15.9 Å². The molecular weight excluding hydrogens is 170 g/mol. The van der Waals surface area contributed by atoms with Crippen LogP contribution in [0.1, 0.15) is 13.3 Å². The van der Waals surface area contributed by atoms with Gasteiger partial charge < -0.3 is 5.32 Å². The first kappa shape index (κ1) is 7.95. The van der Waals surface area contributed by atoms with Crippen molar-refractivity contribution in [1.82, 2.24) is 5.32 Å². The monoisotopic (exact) mass is 179 g/mol. The van der Waals surface area contributed by atoms with E-state index in [0.717, 1.165) is 0 Å². The maximum atomic E-state index is 10.5. The molecule has 0 bridgehead atoms. The lowest BCUT2D eigenvalue weighted by Gasteiger charge is -1.98. The minimum Gasteiger partial charge on any atom is -0.359 e. The van der Waals surface area contributed by atoms with Gasteiger partial charge in [-0.15, -0.1) is 0 Å². The molecule has 0 aromatic heterocycles. The molecule has 0 aliphatic rings. The van der Waals surface area contributed by atoms with Crippen molar-refractivity contribution in [3.8, 4) is 0 Å². The lowest BCUT2D eigenvalue weighted by Crippen LogP contribution is -2.19. The topological polar surface area (TPSA) is 29.1 Å². The summed E-state index contributed by atoms with van der Waals surface area (Å²) in [5.74, 6) is 0.0781. The van der Waals surface area contributed by atoms with Crippen molar-refractivity contribution in [1.29, 1.82) is 0 Å². The zero-order valence-electron chi connectivity index (χ0n) is 5.07. The molecule has 0 rings (SSSR count). The van der Waals surface area contributed by atoms with Crippen LogP contribution in [0.4, 0.5) is 0 Å². The second-order valence-corrected chi connectivity index (χ2v) is 3.22. The Kier molecular flexibility index (Phi) is 3.87. The molecule has 0 aromatic carbocycles. The molecular formula is C5H10BrNO. The molecule has 0 fully saturated rings. The van der Waals surface area contributed by atoms with E-state index in [1.54, 1.807) is 7.05 Å². The van der Waals surface area contributed by atoms with Crippen molar-refractivity contribution in [3.05, 3.63) is 0 Å². The van der Waals surface area contributed by atoms with Crippen molar-refractivity contribution in [2.45, 2.75) is 18.2 Å². The van der Waals surface area contributed by atoms with Crippen LogP contribution < -0.4 is 5.32 Å². The molecule has 48 valence electrons. The van der Waals surface area contributed by atoms with Gasteiger partial charge in [0, 0.05) is 18.3 Å². The van der Waals surface area contributed by atoms with Crippen LogP contribution in [0.25, 0.3) is 0 Å². The zero-order chi connectivity index (χ0) is 6.57. The fraction of sp³-hybridized carbons (Fsp3) is 0.800. The number of amides is 1. The first-order valence-electron chi connectivity index (χ1n) is 2.51. The molecule has 0 heterocycles. The van der Waals surface area contributed by atoms with Gasteiger partial charge in [0.25, 0.3) is 0 Å². The number of hydrogen-bond acceptors (Lipinski definition) is 1. The van der Waals surface area contributed by atoms with Gasteiger partial charge in [-0.3, -0.25) is 4.79 Å². The van der Waals surface area contributed by atoms with E-state index >= 15 is 0 Å². The second-order valence-electron chi connectivity index (χ2n) is 1.66. The van der Waals surface area contributed by atoms with Crippen molar-refractivity contribution in [2.24, 2.45) is 0 Å². The smallest absolute Gasteiger partial charge is 0.220 e. The lowest BCUT2D eigenvalue weighted by atomic mass is 10.3. The Balaban J connectivity index is 3.25. The Morgan fingerprint density at radius 2 is 2.38 bits per heavy atom. The number of hydrogen-bond donors (Lipinski definition) is 1. The molecule has 0 aromatic rings. The molecule has 0 aliphatic carbocycles. The standard InChI is InChI=1S/C5H10BrNO/c1-4(6)3-5(8)7-2/h4H,3H2,1-2H3,(H,7,8). The van der Waals surface area contributed by atoms with E-state index in [-0.39, 0.29) is 10.7 Å². The first-order chi connectivity index (χ1) is 3.66. The predicted molar refractivity (Wildman–Crippen MR) is 37.1 cm³/mol. The number of rotatable bonds is 2. The molecule has 3 heteroatoms. The largest absolute Gasteiger partial charge is 0.359 e. The van der Waals surface area contributed by atoms with Crippen molar-refractivity contribution >= 4 is 21.8 Å². The van der Waals surface area contributed by atoms with E-state index in [4.69, 9.17) is 0 Å². The van der Waals surface area contributed by atoms with Crippen LogP contribution in [-0.4, -0.2) is 17.8 Å². The van der Waals surface area contributed by atoms with Gasteiger partial charge in [0.15, 0.2) is 0 Å². The number of carbonyl (C=O) groups excluding carboxylic acids is 1. The number of carbonyl (C=O) groups is 1. The minimum absolute atomic E-state index is 0.0781. The molecule has 0 saturated heterocycles. The fourth-order valence-electron chi connectivity index (χ4n) is 0.358. The summed E-state index contributed by atoms with van der Waals surface area (Å²) in [4.78, 5) is 10.8. The zero-order valence-corrected chi connectivity index (χ0v) is 6.66. The van der Waals surface area contributed by atoms with E-state index in [2.05, 4.69) is 21.2 Å². The lowest BCUT2D eigenvalue weighted by molar-refractivity contribution is -0.120. The first-order valence-corrected chi connectivity index (χ1v) is 3.43. The van der Waals surface area contributed by atoms with Crippen LogP contribution in [-0.2, 0) is 4.79 Å². The van der Waals surface area contributed by atoms with Crippen LogP contribution in [0.5, 0.6) is 0 Å². The Bertz CT molecular complexity index is 82.5. The van der Waals surface area contributed by atoms with E-state index in [1.165, 1.54) is 0 Å². The van der Waals surface area contributed by atoms with Crippen molar-refractivity contribution in [2.75, 3.05) is 7.05 Å². The summed E-state index contributed by atoms with van der Waals surface area (Å²) in [6, 6.07) is 0. The van der Waals surface area contributed by atoms with Gasteiger partial charge >= 0.3 is 0 Å². The summed E-state index contributed by atoms with van der Waals surface area (Å²) in [6.07, 6.45) is 0.552. The van der Waals surface area contributed by atoms with E-state index in [1.807, 2.05) is 6.92 Å². The second kappa shape index (κ2) is 3.89. The molecule has 2 nitrogen and oxygen atoms in total. The summed E-state index contributed by atoms with van der Waals surface area (Å²) in [6.45, 7) is 1.94. The van der Waals surface area contributed by atoms with Crippen LogP contribution in [0.2, 0.25) is 0 Å². The number of nitrogens with one attached hydrogen (secondary N) is 1. The van der Waals surface area contributed by atoms with Crippen molar-refractivity contribution in [3.63, 3.8) is 0 Å². The molecule has 0 spiro atoms. The molecule has 0 aliphatic heterocycles. The quantitative estimate of drug-likeness (QED) is 0.628. The molecule has 1 amide bonds. The van der Waals surface area contributed by atoms with Crippen LogP contribution in [0, 0.1) is 0 Å². The van der Waals surface area contributed by atoms with E-state index < -0.39 is 0 Å². The summed E-state index contributed by atoms with van der Waals surface area (Å²) in [5.41, 5.74) is 0. The molecule has 1 atom stereocenters. The minimum atomic E-state index is 0.0781. The third kappa shape index (κ3) is 4.12. The Hall–Kier alpha value is -0.0500. The highest BCUT2D eigenvalue weighted by atomic mass is 79.9. The highest BCUT2D eigenvalue weighted by Crippen LogP contribution is 2.01. The van der Waals surface area contributed by atoms with E-state index in [0.29, 0.717) is 6.42 Å². The molecule has 8 heavy (non-hydrogen) atoms. The Morgan fingerprint density at radius 1 is 1.88 bits per heavy atom. The maximum Gasteiger partial charge on any atom is 0.220 e. The van der Waals surface area contributed by atoms with Gasteiger partial charge in [-0.05, 0) is 0 Å². The van der Waals surface area contributed by atoms with Crippen LogP contribution in [0.3, 0.4) is 0 Å². The van der Waals surface area contributed by atoms with Gasteiger partial charge in [-0.25, -0.2) is 0 Å². The van der Waals surface area contributed by atoms with Gasteiger partial charge in [-0.2, -0.15) is 0 Å². The average molecular weight is 180 g/mol. The highest BCUT2D eigenvalue weighted by Gasteiger charge is 2.00. The van der Waals surface area contributed by atoms with Crippen LogP contribution in [0.15, 0.2) is 0 Å².